The molecule has 2 aliphatic heterocycles. The second kappa shape index (κ2) is 9.17. The van der Waals surface area contributed by atoms with Crippen molar-refractivity contribution in [3.05, 3.63) is 71.4 Å². The monoisotopic (exact) mass is 435 g/mol. The molecular formula is C26H29NO5. The first kappa shape index (κ1) is 22.1. The van der Waals surface area contributed by atoms with Crippen LogP contribution in [0, 0.1) is 0 Å². The minimum Gasteiger partial charge on any atom is -0.491 e. The zero-order valence-electron chi connectivity index (χ0n) is 18.8. The number of rotatable bonds is 7. The van der Waals surface area contributed by atoms with E-state index in [9.17, 15) is 9.59 Å². The molecule has 2 aromatic rings. The minimum atomic E-state index is -0.537. The highest BCUT2D eigenvalue weighted by molar-refractivity contribution is 5.96. The van der Waals surface area contributed by atoms with Crippen LogP contribution in [0.3, 0.4) is 0 Å². The molecule has 0 saturated carbocycles. The van der Waals surface area contributed by atoms with Gasteiger partial charge in [0.1, 0.15) is 12.4 Å². The Labute approximate surface area is 188 Å². The molecule has 0 aliphatic carbocycles. The summed E-state index contributed by atoms with van der Waals surface area (Å²) in [5, 5.41) is 0. The first-order valence-corrected chi connectivity index (χ1v) is 11.0. The molecule has 0 bridgehead atoms. The summed E-state index contributed by atoms with van der Waals surface area (Å²) in [7, 11) is 1.95. The number of benzene rings is 2. The molecule has 1 saturated heterocycles. The van der Waals surface area contributed by atoms with Gasteiger partial charge in [0.05, 0.1) is 11.7 Å². The molecule has 168 valence electrons. The van der Waals surface area contributed by atoms with Gasteiger partial charge in [0, 0.05) is 36.5 Å². The van der Waals surface area contributed by atoms with E-state index in [-0.39, 0.29) is 23.9 Å². The SMILES string of the molecule is CN1C(=CC(=O)COC(=O)c2ccc(OCC3CCCO3)cc2)C(C)(C)c2ccccc21. The van der Waals surface area contributed by atoms with Crippen LogP contribution in [0.4, 0.5) is 5.69 Å². The maximum absolute atomic E-state index is 12.6. The van der Waals surface area contributed by atoms with E-state index in [0.29, 0.717) is 17.9 Å². The fraction of sp³-hybridized carbons (Fsp3) is 0.385. The molecule has 0 aromatic heterocycles. The van der Waals surface area contributed by atoms with Gasteiger partial charge < -0.3 is 19.1 Å². The van der Waals surface area contributed by atoms with Crippen LogP contribution in [-0.4, -0.2) is 44.7 Å². The summed E-state index contributed by atoms with van der Waals surface area (Å²) in [6.07, 6.45) is 3.79. The number of carbonyl (C=O) groups is 2. The summed E-state index contributed by atoms with van der Waals surface area (Å²) >= 11 is 0. The molecule has 0 spiro atoms. The number of anilines is 1. The third kappa shape index (κ3) is 4.55. The van der Waals surface area contributed by atoms with E-state index in [2.05, 4.69) is 19.9 Å². The second-order valence-electron chi connectivity index (χ2n) is 8.74. The number of carbonyl (C=O) groups excluding carboxylic acids is 2. The quantitative estimate of drug-likeness (QED) is 0.478. The highest BCUT2D eigenvalue weighted by Crippen LogP contribution is 2.46. The van der Waals surface area contributed by atoms with Gasteiger partial charge in [0.25, 0.3) is 0 Å². The molecule has 1 fully saturated rings. The van der Waals surface area contributed by atoms with Crippen molar-refractivity contribution in [3.8, 4) is 5.75 Å². The van der Waals surface area contributed by atoms with Gasteiger partial charge in [0.15, 0.2) is 12.4 Å². The van der Waals surface area contributed by atoms with Crippen LogP contribution in [0.1, 0.15) is 42.6 Å². The number of esters is 1. The largest absolute Gasteiger partial charge is 0.491 e. The lowest BCUT2D eigenvalue weighted by Gasteiger charge is -2.23. The normalized spacial score (nSPS) is 20.3. The molecule has 4 rings (SSSR count). The highest BCUT2D eigenvalue weighted by Gasteiger charge is 2.38. The molecule has 32 heavy (non-hydrogen) atoms. The Kier molecular flexibility index (Phi) is 6.33. The summed E-state index contributed by atoms with van der Waals surface area (Å²) in [4.78, 5) is 27.0. The molecule has 0 amide bonds. The van der Waals surface area contributed by atoms with E-state index in [1.54, 1.807) is 30.3 Å². The van der Waals surface area contributed by atoms with Crippen molar-refractivity contribution >= 4 is 17.4 Å². The van der Waals surface area contributed by atoms with E-state index in [4.69, 9.17) is 14.2 Å². The van der Waals surface area contributed by atoms with Crippen LogP contribution < -0.4 is 9.64 Å². The Morgan fingerprint density at radius 2 is 1.91 bits per heavy atom. The second-order valence-corrected chi connectivity index (χ2v) is 8.74. The van der Waals surface area contributed by atoms with Crippen LogP contribution in [0.15, 0.2) is 60.3 Å². The molecule has 1 atom stereocenters. The summed E-state index contributed by atoms with van der Waals surface area (Å²) in [5.41, 5.74) is 3.20. The molecule has 2 aromatic carbocycles. The number of ether oxygens (including phenoxy) is 3. The number of hydrogen-bond donors (Lipinski definition) is 0. The van der Waals surface area contributed by atoms with Gasteiger partial charge in [-0.05, 0) is 48.7 Å². The van der Waals surface area contributed by atoms with Gasteiger partial charge in [-0.15, -0.1) is 0 Å². The smallest absolute Gasteiger partial charge is 0.338 e. The Bertz CT molecular complexity index is 1020. The summed E-state index contributed by atoms with van der Waals surface area (Å²) in [5.74, 6) is -0.119. The predicted molar refractivity (Wildman–Crippen MR) is 122 cm³/mol. The third-order valence-electron chi connectivity index (χ3n) is 6.13. The predicted octanol–water partition coefficient (Wildman–Crippen LogP) is 4.28. The van der Waals surface area contributed by atoms with Crippen molar-refractivity contribution < 1.29 is 23.8 Å². The maximum atomic E-state index is 12.6. The van der Waals surface area contributed by atoms with Crippen molar-refractivity contribution in [1.82, 2.24) is 0 Å². The number of fused-ring (bicyclic) bond motifs is 1. The van der Waals surface area contributed by atoms with Crippen LogP contribution >= 0.6 is 0 Å². The van der Waals surface area contributed by atoms with E-state index in [1.807, 2.05) is 30.1 Å². The fourth-order valence-corrected chi connectivity index (χ4v) is 4.33. The van der Waals surface area contributed by atoms with Crippen molar-refractivity contribution in [3.63, 3.8) is 0 Å². The fourth-order valence-electron chi connectivity index (χ4n) is 4.33. The summed E-state index contributed by atoms with van der Waals surface area (Å²) in [6, 6.07) is 14.8. The van der Waals surface area contributed by atoms with Gasteiger partial charge in [-0.2, -0.15) is 0 Å². The lowest BCUT2D eigenvalue weighted by atomic mass is 9.83. The zero-order chi connectivity index (χ0) is 22.7. The molecule has 2 heterocycles. The van der Waals surface area contributed by atoms with Crippen molar-refractivity contribution in [2.45, 2.75) is 38.2 Å². The number of hydrogen-bond acceptors (Lipinski definition) is 6. The van der Waals surface area contributed by atoms with Gasteiger partial charge in [0.2, 0.25) is 0 Å². The number of allylic oxidation sites excluding steroid dienone is 1. The first-order chi connectivity index (χ1) is 15.4. The molecule has 0 N–H and O–H groups in total. The highest BCUT2D eigenvalue weighted by atomic mass is 16.5. The van der Waals surface area contributed by atoms with Gasteiger partial charge in [-0.3, -0.25) is 4.79 Å². The Hall–Kier alpha value is -3.12. The molecule has 0 radical (unpaired) electrons. The van der Waals surface area contributed by atoms with Gasteiger partial charge in [-0.25, -0.2) is 4.79 Å². The number of likely N-dealkylation sites (N-methyl/N-ethyl adjacent to an activating group) is 1. The molecule has 6 heteroatoms. The lowest BCUT2D eigenvalue weighted by molar-refractivity contribution is -0.117. The van der Waals surface area contributed by atoms with Gasteiger partial charge in [-0.1, -0.05) is 32.0 Å². The number of para-hydroxylation sites is 1. The van der Waals surface area contributed by atoms with E-state index in [0.717, 1.165) is 30.8 Å². The third-order valence-corrected chi connectivity index (χ3v) is 6.13. The van der Waals surface area contributed by atoms with Crippen LogP contribution in [0.2, 0.25) is 0 Å². The van der Waals surface area contributed by atoms with E-state index >= 15 is 0 Å². The van der Waals surface area contributed by atoms with Crippen molar-refractivity contribution in [1.29, 1.82) is 0 Å². The number of ketones is 1. The standard InChI is InChI=1S/C26H29NO5/c1-26(2)22-8-4-5-9-23(22)27(3)24(26)15-19(28)16-32-25(29)18-10-12-20(13-11-18)31-17-21-7-6-14-30-21/h4-5,8-13,15,21H,6-7,14,16-17H2,1-3H3. The molecule has 6 nitrogen and oxygen atoms in total. The molecule has 1 unspecified atom stereocenters. The lowest BCUT2D eigenvalue weighted by Crippen LogP contribution is -2.25. The van der Waals surface area contributed by atoms with Crippen LogP contribution in [0.5, 0.6) is 5.75 Å². The average Bonchev–Trinajstić information content (AvgIpc) is 3.38. The molecular weight excluding hydrogens is 406 g/mol. The average molecular weight is 436 g/mol. The zero-order valence-corrected chi connectivity index (χ0v) is 18.8. The summed E-state index contributed by atoms with van der Waals surface area (Å²) < 4.78 is 16.5. The minimum absolute atomic E-state index is 0.136. The Morgan fingerprint density at radius 3 is 2.59 bits per heavy atom. The number of nitrogens with zero attached hydrogens (tertiary/aromatic N) is 1. The first-order valence-electron chi connectivity index (χ1n) is 11.0. The topological polar surface area (TPSA) is 65.1 Å². The van der Waals surface area contributed by atoms with Crippen LogP contribution in [-0.2, 0) is 19.7 Å². The van der Waals surface area contributed by atoms with Gasteiger partial charge >= 0.3 is 5.97 Å². The van der Waals surface area contributed by atoms with E-state index < -0.39 is 5.97 Å². The molecule has 2 aliphatic rings. The van der Waals surface area contributed by atoms with Crippen LogP contribution in [0.25, 0.3) is 0 Å². The summed E-state index contributed by atoms with van der Waals surface area (Å²) in [6.45, 7) is 5.16. The Balaban J connectivity index is 1.32. The van der Waals surface area contributed by atoms with E-state index in [1.165, 1.54) is 5.56 Å². The van der Waals surface area contributed by atoms with Crippen molar-refractivity contribution in [2.75, 3.05) is 31.8 Å². The Morgan fingerprint density at radius 1 is 1.16 bits per heavy atom. The van der Waals surface area contributed by atoms with Crippen molar-refractivity contribution in [2.24, 2.45) is 0 Å². The maximum Gasteiger partial charge on any atom is 0.338 e.